The van der Waals surface area contributed by atoms with Crippen LogP contribution in [0.1, 0.15) is 49.4 Å². The summed E-state index contributed by atoms with van der Waals surface area (Å²) in [6, 6.07) is 4.55. The van der Waals surface area contributed by atoms with E-state index in [4.69, 9.17) is 4.74 Å². The first-order valence-corrected chi connectivity index (χ1v) is 6.14. The van der Waals surface area contributed by atoms with E-state index in [1.165, 1.54) is 19.4 Å². The Balaban J connectivity index is 2.19. The number of benzene rings is 1. The fraction of sp³-hybridized carbons (Fsp3) is 0.500. The number of hydrogen-bond acceptors (Lipinski definition) is 2. The van der Waals surface area contributed by atoms with Crippen molar-refractivity contribution in [2.45, 2.75) is 45.1 Å². The quantitative estimate of drug-likeness (QED) is 0.747. The largest absolute Gasteiger partial charge is 0.490 e. The molecule has 2 nitrogen and oxygen atoms in total. The lowest BCUT2D eigenvalue weighted by Gasteiger charge is -2.24. The van der Waals surface area contributed by atoms with Gasteiger partial charge in [-0.05, 0) is 44.7 Å². The van der Waals surface area contributed by atoms with Gasteiger partial charge in [-0.15, -0.1) is 0 Å². The van der Waals surface area contributed by atoms with Crippen LogP contribution in [-0.2, 0) is 0 Å². The molecule has 0 spiro atoms. The van der Waals surface area contributed by atoms with Crippen molar-refractivity contribution in [3.63, 3.8) is 0 Å². The minimum Gasteiger partial charge on any atom is -0.490 e. The summed E-state index contributed by atoms with van der Waals surface area (Å²) >= 11 is 0. The Morgan fingerprint density at radius 3 is 2.65 bits per heavy atom. The van der Waals surface area contributed by atoms with E-state index in [0.29, 0.717) is 5.75 Å². The van der Waals surface area contributed by atoms with E-state index in [1.54, 1.807) is 12.1 Å². The molecule has 0 N–H and O–H groups in total. The van der Waals surface area contributed by atoms with E-state index in [0.717, 1.165) is 25.7 Å². The number of rotatable bonds is 3. The Morgan fingerprint density at radius 2 is 2.00 bits per heavy atom. The molecule has 0 saturated heterocycles. The molecule has 1 aliphatic rings. The van der Waals surface area contributed by atoms with Crippen LogP contribution in [0, 0.1) is 5.82 Å². The zero-order valence-corrected chi connectivity index (χ0v) is 10.0. The fourth-order valence-corrected chi connectivity index (χ4v) is 2.31. The second-order valence-corrected chi connectivity index (χ2v) is 4.55. The molecule has 0 unspecified atom stereocenters. The van der Waals surface area contributed by atoms with Gasteiger partial charge in [0.1, 0.15) is 11.6 Å². The number of ketones is 1. The minimum atomic E-state index is -0.495. The summed E-state index contributed by atoms with van der Waals surface area (Å²) in [6.07, 6.45) is 5.65. The average Bonchev–Trinajstić information content (AvgIpc) is 2.30. The van der Waals surface area contributed by atoms with Crippen LogP contribution in [0.3, 0.4) is 0 Å². The number of ether oxygens (including phenoxy) is 1. The summed E-state index contributed by atoms with van der Waals surface area (Å²) in [7, 11) is 0. The van der Waals surface area contributed by atoms with Gasteiger partial charge in [-0.2, -0.15) is 0 Å². The molecule has 2 rings (SSSR count). The van der Waals surface area contributed by atoms with E-state index in [-0.39, 0.29) is 17.5 Å². The van der Waals surface area contributed by atoms with Crippen LogP contribution in [0.25, 0.3) is 0 Å². The van der Waals surface area contributed by atoms with Gasteiger partial charge in [-0.3, -0.25) is 4.79 Å². The van der Waals surface area contributed by atoms with Crippen LogP contribution >= 0.6 is 0 Å². The highest BCUT2D eigenvalue weighted by atomic mass is 19.1. The first kappa shape index (κ1) is 12.1. The van der Waals surface area contributed by atoms with Crippen molar-refractivity contribution < 1.29 is 13.9 Å². The van der Waals surface area contributed by atoms with Gasteiger partial charge in [-0.1, -0.05) is 12.5 Å². The molecule has 1 saturated carbocycles. The lowest BCUT2D eigenvalue weighted by molar-refractivity contribution is 0.0996. The van der Waals surface area contributed by atoms with Crippen molar-refractivity contribution in [1.82, 2.24) is 0 Å². The molecular formula is C14H17FO2. The molecular weight excluding hydrogens is 219 g/mol. The molecule has 0 radical (unpaired) electrons. The predicted octanol–water partition coefficient (Wildman–Crippen LogP) is 3.74. The molecule has 1 aromatic carbocycles. The number of halogens is 1. The maximum atomic E-state index is 13.6. The Bertz CT molecular complexity index is 409. The van der Waals surface area contributed by atoms with E-state index in [1.807, 2.05) is 0 Å². The van der Waals surface area contributed by atoms with Crippen molar-refractivity contribution in [2.24, 2.45) is 0 Å². The maximum absolute atomic E-state index is 13.6. The third-order valence-corrected chi connectivity index (χ3v) is 3.17. The lowest BCUT2D eigenvalue weighted by Crippen LogP contribution is -2.21. The molecule has 1 aromatic rings. The van der Waals surface area contributed by atoms with Gasteiger partial charge in [0.15, 0.2) is 5.78 Å². The topological polar surface area (TPSA) is 26.3 Å². The highest BCUT2D eigenvalue weighted by molar-refractivity contribution is 5.97. The summed E-state index contributed by atoms with van der Waals surface area (Å²) in [6.45, 7) is 1.37. The lowest BCUT2D eigenvalue weighted by atomic mass is 9.97. The van der Waals surface area contributed by atoms with Gasteiger partial charge in [-0.25, -0.2) is 4.39 Å². The summed E-state index contributed by atoms with van der Waals surface area (Å²) in [5, 5.41) is 0. The van der Waals surface area contributed by atoms with Gasteiger partial charge >= 0.3 is 0 Å². The third-order valence-electron chi connectivity index (χ3n) is 3.17. The molecule has 1 aliphatic carbocycles. The molecule has 0 bridgehead atoms. The summed E-state index contributed by atoms with van der Waals surface area (Å²) in [5.74, 6) is -0.385. The van der Waals surface area contributed by atoms with Crippen molar-refractivity contribution in [3.05, 3.63) is 29.6 Å². The molecule has 0 aliphatic heterocycles. The van der Waals surface area contributed by atoms with Crippen LogP contribution in [0.5, 0.6) is 5.75 Å². The van der Waals surface area contributed by atoms with Gasteiger partial charge < -0.3 is 4.74 Å². The Labute approximate surface area is 101 Å². The Kier molecular flexibility index (Phi) is 3.77. The van der Waals surface area contributed by atoms with Gasteiger partial charge in [0.2, 0.25) is 0 Å². The Hall–Kier alpha value is -1.38. The average molecular weight is 236 g/mol. The first-order valence-electron chi connectivity index (χ1n) is 6.14. The van der Waals surface area contributed by atoms with Crippen molar-refractivity contribution in [2.75, 3.05) is 0 Å². The van der Waals surface area contributed by atoms with Gasteiger partial charge in [0.05, 0.1) is 11.7 Å². The maximum Gasteiger partial charge on any atom is 0.166 e. The minimum absolute atomic E-state index is 0.0815. The van der Waals surface area contributed by atoms with Crippen molar-refractivity contribution >= 4 is 5.78 Å². The predicted molar refractivity (Wildman–Crippen MR) is 63.9 cm³/mol. The first-order chi connectivity index (χ1) is 8.18. The van der Waals surface area contributed by atoms with Gasteiger partial charge in [0, 0.05) is 0 Å². The summed E-state index contributed by atoms with van der Waals surface area (Å²) in [5.41, 5.74) is 0.0815. The highest BCUT2D eigenvalue weighted by Crippen LogP contribution is 2.27. The summed E-state index contributed by atoms with van der Waals surface area (Å²) in [4.78, 5) is 11.4. The number of Topliss-reactive ketones (excluding diaryl/α,β-unsaturated/α-hetero) is 1. The molecule has 0 heterocycles. The number of carbonyl (C=O) groups is 1. The van der Waals surface area contributed by atoms with Crippen LogP contribution in [0.4, 0.5) is 4.39 Å². The molecule has 1 fully saturated rings. The van der Waals surface area contributed by atoms with Crippen molar-refractivity contribution in [1.29, 1.82) is 0 Å². The molecule has 92 valence electrons. The van der Waals surface area contributed by atoms with E-state index in [9.17, 15) is 9.18 Å². The van der Waals surface area contributed by atoms with Crippen LogP contribution < -0.4 is 4.74 Å². The zero-order valence-electron chi connectivity index (χ0n) is 10.0. The molecule has 17 heavy (non-hydrogen) atoms. The SMILES string of the molecule is CC(=O)c1c(F)cccc1OC1CCCCC1. The van der Waals surface area contributed by atoms with Crippen LogP contribution in [-0.4, -0.2) is 11.9 Å². The smallest absolute Gasteiger partial charge is 0.166 e. The second-order valence-electron chi connectivity index (χ2n) is 4.55. The van der Waals surface area contributed by atoms with E-state index in [2.05, 4.69) is 0 Å². The standard InChI is InChI=1S/C14H17FO2/c1-10(16)14-12(15)8-5-9-13(14)17-11-6-3-2-4-7-11/h5,8-9,11H,2-4,6-7H2,1H3. The van der Waals surface area contributed by atoms with Gasteiger partial charge in [0.25, 0.3) is 0 Å². The molecule has 0 amide bonds. The fourth-order valence-electron chi connectivity index (χ4n) is 2.31. The van der Waals surface area contributed by atoms with Crippen molar-refractivity contribution in [3.8, 4) is 5.75 Å². The highest BCUT2D eigenvalue weighted by Gasteiger charge is 2.19. The summed E-state index contributed by atoms with van der Waals surface area (Å²) < 4.78 is 19.3. The second kappa shape index (κ2) is 5.30. The number of carbonyl (C=O) groups excluding carboxylic acids is 1. The Morgan fingerprint density at radius 1 is 1.29 bits per heavy atom. The van der Waals surface area contributed by atoms with Crippen LogP contribution in [0.2, 0.25) is 0 Å². The molecule has 3 heteroatoms. The zero-order chi connectivity index (χ0) is 12.3. The number of hydrogen-bond donors (Lipinski definition) is 0. The monoisotopic (exact) mass is 236 g/mol. The van der Waals surface area contributed by atoms with E-state index >= 15 is 0 Å². The third kappa shape index (κ3) is 2.84. The van der Waals surface area contributed by atoms with E-state index < -0.39 is 5.82 Å². The molecule has 0 aromatic heterocycles. The molecule has 0 atom stereocenters. The van der Waals surface area contributed by atoms with Crippen LogP contribution in [0.15, 0.2) is 18.2 Å². The normalized spacial score (nSPS) is 16.8.